The van der Waals surface area contributed by atoms with E-state index in [1.165, 1.54) is 31.4 Å². The number of nitrogens with one attached hydrogen (secondary N) is 1. The second kappa shape index (κ2) is 9.71. The van der Waals surface area contributed by atoms with Crippen LogP contribution in [0.3, 0.4) is 0 Å². The summed E-state index contributed by atoms with van der Waals surface area (Å²) in [6.07, 6.45) is 1.40. The molecule has 0 atom stereocenters. The molecule has 29 heavy (non-hydrogen) atoms. The first-order valence-corrected chi connectivity index (χ1v) is 9.28. The van der Waals surface area contributed by atoms with Gasteiger partial charge in [0.25, 0.3) is 11.6 Å². The van der Waals surface area contributed by atoms with Gasteiger partial charge in [-0.05, 0) is 59.1 Å². The van der Waals surface area contributed by atoms with Gasteiger partial charge in [-0.25, -0.2) is 0 Å². The number of carbonyl (C=O) groups excluding carboxylic acids is 1. The molecule has 8 nitrogen and oxygen atoms in total. The number of methoxy groups -OCH3 is 1. The number of ether oxygens (including phenoxy) is 2. The lowest BCUT2D eigenvalue weighted by Crippen LogP contribution is -2.14. The lowest BCUT2D eigenvalue weighted by molar-refractivity contribution is -0.384. The van der Waals surface area contributed by atoms with Gasteiger partial charge in [0.05, 0.1) is 28.8 Å². The molecule has 0 fully saturated rings. The van der Waals surface area contributed by atoms with Crippen LogP contribution >= 0.6 is 15.9 Å². The van der Waals surface area contributed by atoms with E-state index in [4.69, 9.17) is 9.47 Å². The zero-order valence-electron chi connectivity index (χ0n) is 16.0. The topological polar surface area (TPSA) is 114 Å². The molecule has 1 amide bonds. The summed E-state index contributed by atoms with van der Waals surface area (Å²) in [5.41, 5.74) is 1.11. The van der Waals surface area contributed by atoms with E-state index in [2.05, 4.69) is 21.2 Å². The maximum Gasteiger partial charge on any atom is 0.271 e. The van der Waals surface area contributed by atoms with Gasteiger partial charge in [0.2, 0.25) is 0 Å². The van der Waals surface area contributed by atoms with Crippen molar-refractivity contribution in [3.05, 3.63) is 61.6 Å². The van der Waals surface area contributed by atoms with Gasteiger partial charge in [0.1, 0.15) is 11.6 Å². The molecule has 2 rings (SSSR count). The molecule has 0 spiro atoms. The third-order valence-electron chi connectivity index (χ3n) is 3.89. The van der Waals surface area contributed by atoms with Crippen molar-refractivity contribution in [1.29, 1.82) is 5.26 Å². The molecule has 0 bridgehead atoms. The SMILES string of the molecule is CCOc1cc(/C=C(\C#N)C(=O)Nc2cc([N+](=O)[O-])ccc2C)cc(Br)c1OC. The highest BCUT2D eigenvalue weighted by atomic mass is 79.9. The number of nitro benzene ring substituents is 1. The Labute approximate surface area is 176 Å². The van der Waals surface area contributed by atoms with Crippen molar-refractivity contribution in [2.75, 3.05) is 19.0 Å². The normalized spacial score (nSPS) is 10.8. The molecule has 0 saturated heterocycles. The fourth-order valence-corrected chi connectivity index (χ4v) is 3.12. The van der Waals surface area contributed by atoms with Gasteiger partial charge >= 0.3 is 0 Å². The number of carbonyl (C=O) groups is 1. The number of amides is 1. The number of hydrogen-bond donors (Lipinski definition) is 1. The molecule has 0 heterocycles. The van der Waals surface area contributed by atoms with Gasteiger partial charge in [-0.2, -0.15) is 5.26 Å². The number of benzene rings is 2. The van der Waals surface area contributed by atoms with Crippen LogP contribution in [0, 0.1) is 28.4 Å². The largest absolute Gasteiger partial charge is 0.492 e. The number of nitro groups is 1. The Morgan fingerprint density at radius 2 is 2.10 bits per heavy atom. The Kier molecular flexibility index (Phi) is 7.33. The first kappa shape index (κ1) is 21.9. The van der Waals surface area contributed by atoms with Gasteiger partial charge in [0, 0.05) is 12.1 Å². The summed E-state index contributed by atoms with van der Waals surface area (Å²) < 4.78 is 11.4. The standard InChI is InChI=1S/C20H18BrN3O5/c1-4-29-18-9-13(8-16(21)19(18)28-3)7-14(11-22)20(25)23-17-10-15(24(26)27)6-5-12(17)2/h5-10H,4H2,1-3H3,(H,23,25)/b14-7+. The Bertz CT molecular complexity index is 1030. The van der Waals surface area contributed by atoms with Crippen LogP contribution in [0.15, 0.2) is 40.4 Å². The quantitative estimate of drug-likeness (QED) is 0.279. The number of non-ortho nitro benzene ring substituents is 1. The molecular formula is C20H18BrN3O5. The Hall–Kier alpha value is -3.38. The average Bonchev–Trinajstić information content (AvgIpc) is 2.67. The van der Waals surface area contributed by atoms with Crippen molar-refractivity contribution < 1.29 is 19.2 Å². The Balaban J connectivity index is 2.37. The summed E-state index contributed by atoms with van der Waals surface area (Å²) in [6.45, 7) is 3.93. The molecule has 0 aliphatic carbocycles. The van der Waals surface area contributed by atoms with E-state index in [-0.39, 0.29) is 16.9 Å². The van der Waals surface area contributed by atoms with E-state index >= 15 is 0 Å². The van der Waals surface area contributed by atoms with Crippen LogP contribution in [0.4, 0.5) is 11.4 Å². The molecule has 0 saturated carbocycles. The van der Waals surface area contributed by atoms with Crippen molar-refractivity contribution in [3.8, 4) is 17.6 Å². The summed E-state index contributed by atoms with van der Waals surface area (Å²) in [5.74, 6) is 0.281. The molecule has 9 heteroatoms. The van der Waals surface area contributed by atoms with E-state index in [1.807, 2.05) is 13.0 Å². The fourth-order valence-electron chi connectivity index (χ4n) is 2.50. The average molecular weight is 460 g/mol. The Morgan fingerprint density at radius 1 is 1.38 bits per heavy atom. The van der Waals surface area contributed by atoms with Gasteiger partial charge in [-0.15, -0.1) is 0 Å². The molecule has 0 radical (unpaired) electrons. The summed E-state index contributed by atoms with van der Waals surface area (Å²) in [5, 5.41) is 22.9. The van der Waals surface area contributed by atoms with Gasteiger partial charge < -0.3 is 14.8 Å². The van der Waals surface area contributed by atoms with E-state index in [0.717, 1.165) is 0 Å². The molecule has 0 aromatic heterocycles. The zero-order chi connectivity index (χ0) is 21.6. The van der Waals surface area contributed by atoms with E-state index in [0.29, 0.717) is 33.7 Å². The van der Waals surface area contributed by atoms with Gasteiger partial charge in [-0.1, -0.05) is 6.07 Å². The van der Waals surface area contributed by atoms with Gasteiger partial charge in [0.15, 0.2) is 11.5 Å². The molecule has 1 N–H and O–H groups in total. The monoisotopic (exact) mass is 459 g/mol. The molecular weight excluding hydrogens is 442 g/mol. The summed E-state index contributed by atoms with van der Waals surface area (Å²) in [4.78, 5) is 23.0. The molecule has 0 unspecified atom stereocenters. The smallest absolute Gasteiger partial charge is 0.271 e. The third-order valence-corrected chi connectivity index (χ3v) is 4.48. The van der Waals surface area contributed by atoms with Crippen LogP contribution in [-0.4, -0.2) is 24.5 Å². The maximum atomic E-state index is 12.6. The fraction of sp³-hybridized carbons (Fsp3) is 0.200. The minimum Gasteiger partial charge on any atom is -0.492 e. The third kappa shape index (κ3) is 5.33. The first-order valence-electron chi connectivity index (χ1n) is 8.49. The number of aryl methyl sites for hydroxylation is 1. The lowest BCUT2D eigenvalue weighted by Gasteiger charge is -2.12. The zero-order valence-corrected chi connectivity index (χ0v) is 17.6. The number of hydrogen-bond acceptors (Lipinski definition) is 6. The van der Waals surface area contributed by atoms with Crippen molar-refractivity contribution >= 4 is 39.3 Å². The van der Waals surface area contributed by atoms with E-state index < -0.39 is 10.8 Å². The number of rotatable bonds is 7. The highest BCUT2D eigenvalue weighted by molar-refractivity contribution is 9.10. The minimum absolute atomic E-state index is 0.158. The van der Waals surface area contributed by atoms with Gasteiger partial charge in [-0.3, -0.25) is 14.9 Å². The van der Waals surface area contributed by atoms with Crippen molar-refractivity contribution in [2.24, 2.45) is 0 Å². The predicted molar refractivity (Wildman–Crippen MR) is 112 cm³/mol. The summed E-state index contributed by atoms with van der Waals surface area (Å²) in [7, 11) is 1.51. The molecule has 0 aliphatic heterocycles. The van der Waals surface area contributed by atoms with Crippen molar-refractivity contribution in [2.45, 2.75) is 13.8 Å². The number of halogens is 1. The second-order valence-electron chi connectivity index (χ2n) is 5.85. The highest BCUT2D eigenvalue weighted by Crippen LogP contribution is 2.37. The van der Waals surface area contributed by atoms with E-state index in [1.54, 1.807) is 19.1 Å². The highest BCUT2D eigenvalue weighted by Gasteiger charge is 2.16. The summed E-state index contributed by atoms with van der Waals surface area (Å²) in [6, 6.07) is 9.31. The number of anilines is 1. The number of nitrogens with zero attached hydrogens (tertiary/aromatic N) is 2. The molecule has 150 valence electrons. The van der Waals surface area contributed by atoms with E-state index in [9.17, 15) is 20.2 Å². The molecule has 2 aromatic rings. The second-order valence-corrected chi connectivity index (χ2v) is 6.70. The van der Waals surface area contributed by atoms with Crippen LogP contribution in [0.1, 0.15) is 18.1 Å². The number of nitriles is 1. The molecule has 0 aliphatic rings. The Morgan fingerprint density at radius 3 is 2.69 bits per heavy atom. The molecule has 2 aromatic carbocycles. The van der Waals surface area contributed by atoms with Crippen molar-refractivity contribution in [1.82, 2.24) is 0 Å². The van der Waals surface area contributed by atoms with Crippen molar-refractivity contribution in [3.63, 3.8) is 0 Å². The van der Waals surface area contributed by atoms with Crippen LogP contribution in [-0.2, 0) is 4.79 Å². The predicted octanol–water partition coefficient (Wildman–Crippen LogP) is 4.62. The minimum atomic E-state index is -0.680. The van der Waals surface area contributed by atoms with Crippen LogP contribution < -0.4 is 14.8 Å². The maximum absolute atomic E-state index is 12.6. The first-order chi connectivity index (χ1) is 13.8. The van der Waals surface area contributed by atoms with Crippen LogP contribution in [0.5, 0.6) is 11.5 Å². The summed E-state index contributed by atoms with van der Waals surface area (Å²) >= 11 is 3.38. The lowest BCUT2D eigenvalue weighted by atomic mass is 10.1. The van der Waals surface area contributed by atoms with Crippen LogP contribution in [0.2, 0.25) is 0 Å². The van der Waals surface area contributed by atoms with Crippen LogP contribution in [0.25, 0.3) is 6.08 Å².